The highest BCUT2D eigenvalue weighted by atomic mass is 32.2. The SMILES string of the molecule is COC(=O)c1nccnc1NC(=O)c1ccccc1Sc1ccc2c(/C=C/c3ccccn3)n[nH]c2c1. The normalized spacial score (nSPS) is 11.1. The second-order valence-electron chi connectivity index (χ2n) is 7.70. The first-order valence-corrected chi connectivity index (χ1v) is 12.0. The first kappa shape index (κ1) is 23.9. The number of benzene rings is 2. The van der Waals surface area contributed by atoms with Crippen LogP contribution < -0.4 is 5.32 Å². The van der Waals surface area contributed by atoms with Gasteiger partial charge in [0.15, 0.2) is 11.5 Å². The summed E-state index contributed by atoms with van der Waals surface area (Å²) in [5.41, 5.74) is 2.89. The zero-order valence-corrected chi connectivity index (χ0v) is 20.4. The molecule has 37 heavy (non-hydrogen) atoms. The maximum absolute atomic E-state index is 13.1. The number of amides is 1. The van der Waals surface area contributed by atoms with E-state index in [9.17, 15) is 9.59 Å². The molecule has 3 heterocycles. The highest BCUT2D eigenvalue weighted by molar-refractivity contribution is 7.99. The van der Waals surface area contributed by atoms with Crippen molar-refractivity contribution in [3.63, 3.8) is 0 Å². The number of hydrogen-bond donors (Lipinski definition) is 2. The molecule has 9 nitrogen and oxygen atoms in total. The Balaban J connectivity index is 1.37. The molecule has 0 radical (unpaired) electrons. The van der Waals surface area contributed by atoms with Gasteiger partial charge in [0, 0.05) is 33.8 Å². The Labute approximate surface area is 216 Å². The molecule has 0 atom stereocenters. The van der Waals surface area contributed by atoms with E-state index in [0.29, 0.717) is 5.56 Å². The molecule has 0 saturated carbocycles. The number of H-pyrrole nitrogens is 1. The number of ether oxygens (including phenoxy) is 1. The number of carbonyl (C=O) groups is 2. The lowest BCUT2D eigenvalue weighted by atomic mass is 10.2. The minimum atomic E-state index is -0.687. The summed E-state index contributed by atoms with van der Waals surface area (Å²) in [5, 5.41) is 11.1. The van der Waals surface area contributed by atoms with Gasteiger partial charge in [0.2, 0.25) is 0 Å². The van der Waals surface area contributed by atoms with E-state index in [-0.39, 0.29) is 11.5 Å². The van der Waals surface area contributed by atoms with Gasteiger partial charge in [-0.15, -0.1) is 0 Å². The first-order chi connectivity index (χ1) is 18.1. The summed E-state index contributed by atoms with van der Waals surface area (Å²) >= 11 is 1.44. The molecule has 0 bridgehead atoms. The van der Waals surface area contributed by atoms with Gasteiger partial charge in [0.1, 0.15) is 0 Å². The molecule has 2 N–H and O–H groups in total. The highest BCUT2D eigenvalue weighted by Gasteiger charge is 2.19. The van der Waals surface area contributed by atoms with Crippen molar-refractivity contribution >= 4 is 52.5 Å². The van der Waals surface area contributed by atoms with Gasteiger partial charge in [-0.2, -0.15) is 5.10 Å². The maximum atomic E-state index is 13.1. The fourth-order valence-electron chi connectivity index (χ4n) is 3.57. The van der Waals surface area contributed by atoms with Crippen molar-refractivity contribution in [3.05, 3.63) is 102 Å². The van der Waals surface area contributed by atoms with Gasteiger partial charge < -0.3 is 10.1 Å². The first-order valence-electron chi connectivity index (χ1n) is 11.2. The molecule has 1 amide bonds. The number of carbonyl (C=O) groups excluding carboxylic acids is 2. The Morgan fingerprint density at radius 3 is 2.62 bits per heavy atom. The molecule has 0 unspecified atom stereocenters. The molecule has 10 heteroatoms. The molecule has 0 aliphatic rings. The maximum Gasteiger partial charge on any atom is 0.360 e. The summed E-state index contributed by atoms with van der Waals surface area (Å²) < 4.78 is 4.73. The van der Waals surface area contributed by atoms with Crippen LogP contribution in [0.4, 0.5) is 5.82 Å². The molecule has 2 aromatic carbocycles. The number of aromatic amines is 1. The molecule has 3 aromatic heterocycles. The van der Waals surface area contributed by atoms with Crippen LogP contribution in [0.15, 0.2) is 89.0 Å². The van der Waals surface area contributed by atoms with Gasteiger partial charge in [-0.3, -0.25) is 14.9 Å². The van der Waals surface area contributed by atoms with Crippen LogP contribution in [0.1, 0.15) is 32.2 Å². The van der Waals surface area contributed by atoms with Crippen LogP contribution in [-0.4, -0.2) is 44.1 Å². The third-order valence-corrected chi connectivity index (χ3v) is 6.40. The van der Waals surface area contributed by atoms with E-state index in [1.54, 1.807) is 18.3 Å². The summed E-state index contributed by atoms with van der Waals surface area (Å²) in [4.78, 5) is 39.1. The number of nitrogens with one attached hydrogen (secondary N) is 2. The quantitative estimate of drug-likeness (QED) is 0.291. The Kier molecular flexibility index (Phi) is 7.00. The molecule has 0 aliphatic carbocycles. The zero-order valence-electron chi connectivity index (χ0n) is 19.6. The fraction of sp³-hybridized carbons (Fsp3) is 0.0370. The number of fused-ring (bicyclic) bond motifs is 1. The van der Waals surface area contributed by atoms with Crippen molar-refractivity contribution in [3.8, 4) is 0 Å². The van der Waals surface area contributed by atoms with Gasteiger partial charge >= 0.3 is 5.97 Å². The lowest BCUT2D eigenvalue weighted by Crippen LogP contribution is -2.18. The highest BCUT2D eigenvalue weighted by Crippen LogP contribution is 2.33. The minimum Gasteiger partial charge on any atom is -0.464 e. The number of esters is 1. The van der Waals surface area contributed by atoms with Crippen molar-refractivity contribution < 1.29 is 14.3 Å². The molecular formula is C27H20N6O3S. The number of rotatable bonds is 7. The number of pyridine rings is 1. The Bertz CT molecular complexity index is 1620. The molecule has 0 saturated heterocycles. The molecule has 0 spiro atoms. The van der Waals surface area contributed by atoms with Crippen molar-refractivity contribution in [1.82, 2.24) is 25.1 Å². The molecule has 5 aromatic rings. The van der Waals surface area contributed by atoms with E-state index < -0.39 is 11.9 Å². The van der Waals surface area contributed by atoms with Crippen LogP contribution in [0, 0.1) is 0 Å². The van der Waals surface area contributed by atoms with Crippen LogP contribution in [0.25, 0.3) is 23.1 Å². The van der Waals surface area contributed by atoms with Gasteiger partial charge in [-0.1, -0.05) is 30.0 Å². The Hall–Kier alpha value is -4.83. The van der Waals surface area contributed by atoms with E-state index in [1.807, 2.05) is 60.7 Å². The number of aromatic nitrogens is 5. The zero-order chi connectivity index (χ0) is 25.6. The second kappa shape index (κ2) is 10.8. The van der Waals surface area contributed by atoms with Crippen LogP contribution in [0.2, 0.25) is 0 Å². The summed E-state index contributed by atoms with van der Waals surface area (Å²) in [5.74, 6) is -1.07. The third-order valence-electron chi connectivity index (χ3n) is 5.33. The molecule has 182 valence electrons. The van der Waals surface area contributed by atoms with E-state index in [1.165, 1.54) is 31.3 Å². The monoisotopic (exact) mass is 508 g/mol. The van der Waals surface area contributed by atoms with Crippen molar-refractivity contribution in [1.29, 1.82) is 0 Å². The molecule has 0 aliphatic heterocycles. The number of anilines is 1. The number of methoxy groups -OCH3 is 1. The largest absolute Gasteiger partial charge is 0.464 e. The minimum absolute atomic E-state index is 0.0318. The molecule has 0 fully saturated rings. The summed E-state index contributed by atoms with van der Waals surface area (Å²) in [6.45, 7) is 0. The smallest absolute Gasteiger partial charge is 0.360 e. The lowest BCUT2D eigenvalue weighted by molar-refractivity contribution is 0.0595. The van der Waals surface area contributed by atoms with Crippen molar-refractivity contribution in [2.24, 2.45) is 0 Å². The van der Waals surface area contributed by atoms with Gasteiger partial charge in [-0.05, 0) is 54.6 Å². The Morgan fingerprint density at radius 2 is 1.78 bits per heavy atom. The fourth-order valence-corrected chi connectivity index (χ4v) is 4.55. The average molecular weight is 509 g/mol. The number of hydrogen-bond acceptors (Lipinski definition) is 8. The molecular weight excluding hydrogens is 488 g/mol. The van der Waals surface area contributed by atoms with Crippen LogP contribution in [0.3, 0.4) is 0 Å². The van der Waals surface area contributed by atoms with E-state index in [2.05, 4.69) is 30.5 Å². The van der Waals surface area contributed by atoms with Gasteiger partial charge in [-0.25, -0.2) is 14.8 Å². The van der Waals surface area contributed by atoms with Gasteiger partial charge in [0.25, 0.3) is 5.91 Å². The number of nitrogens with zero attached hydrogens (tertiary/aromatic N) is 4. The standard InChI is InChI=1S/C27H20N6O3S/c1-36-27(35)24-25(30-15-14-29-24)31-26(34)20-7-2-3-8-23(20)37-18-10-11-19-21(32-33-22(19)16-18)12-9-17-6-4-5-13-28-17/h2-16H,1H3,(H,32,33)(H,30,31,34)/b12-9+. The second-order valence-corrected chi connectivity index (χ2v) is 8.82. The van der Waals surface area contributed by atoms with E-state index in [0.717, 1.165) is 32.1 Å². The van der Waals surface area contributed by atoms with Crippen LogP contribution in [0.5, 0.6) is 0 Å². The predicted molar refractivity (Wildman–Crippen MR) is 141 cm³/mol. The van der Waals surface area contributed by atoms with Crippen molar-refractivity contribution in [2.75, 3.05) is 12.4 Å². The van der Waals surface area contributed by atoms with E-state index >= 15 is 0 Å². The van der Waals surface area contributed by atoms with Crippen LogP contribution in [-0.2, 0) is 4.74 Å². The molecule has 5 rings (SSSR count). The van der Waals surface area contributed by atoms with Crippen molar-refractivity contribution in [2.45, 2.75) is 9.79 Å². The predicted octanol–water partition coefficient (Wildman–Crippen LogP) is 5.11. The third kappa shape index (κ3) is 5.39. The van der Waals surface area contributed by atoms with E-state index in [4.69, 9.17) is 4.74 Å². The lowest BCUT2D eigenvalue weighted by Gasteiger charge is -2.11. The summed E-state index contributed by atoms with van der Waals surface area (Å²) in [6.07, 6.45) is 8.33. The van der Waals surface area contributed by atoms with Crippen LogP contribution >= 0.6 is 11.8 Å². The topological polar surface area (TPSA) is 123 Å². The summed E-state index contributed by atoms with van der Waals surface area (Å²) in [6, 6.07) is 18.9. The summed E-state index contributed by atoms with van der Waals surface area (Å²) in [7, 11) is 1.24. The van der Waals surface area contributed by atoms with Gasteiger partial charge in [0.05, 0.1) is 29.6 Å². The Morgan fingerprint density at radius 1 is 0.946 bits per heavy atom. The average Bonchev–Trinajstić information content (AvgIpc) is 3.34.